The minimum atomic E-state index is 0.159. The van der Waals surface area contributed by atoms with Crippen LogP contribution in [0.2, 0.25) is 0 Å². The standard InChI is InChI=1S/C11H14N2O2S/c1-7-3-2-4-9(11(12)13-14)10(7)16-8-5-15-6-8/h2-4,8,14H,5-6H2,1H3,(H2,12,13). The van der Waals surface area contributed by atoms with Gasteiger partial charge >= 0.3 is 0 Å². The molecule has 0 bridgehead atoms. The first-order valence-electron chi connectivity index (χ1n) is 5.04. The van der Waals surface area contributed by atoms with Crippen LogP contribution in [0.15, 0.2) is 28.3 Å². The predicted octanol–water partition coefficient (Wildman–Crippen LogP) is 1.58. The molecule has 0 aliphatic carbocycles. The Morgan fingerprint density at radius 3 is 2.88 bits per heavy atom. The molecule has 86 valence electrons. The normalized spacial score (nSPS) is 17.2. The highest BCUT2D eigenvalue weighted by atomic mass is 32.2. The molecule has 1 heterocycles. The number of thioether (sulfide) groups is 1. The van der Waals surface area contributed by atoms with Gasteiger partial charge in [0.05, 0.1) is 18.5 Å². The molecule has 3 N–H and O–H groups in total. The molecule has 0 amide bonds. The van der Waals surface area contributed by atoms with Crippen LogP contribution in [0.3, 0.4) is 0 Å². The number of rotatable bonds is 3. The zero-order chi connectivity index (χ0) is 11.5. The zero-order valence-corrected chi connectivity index (χ0v) is 9.83. The van der Waals surface area contributed by atoms with E-state index in [2.05, 4.69) is 5.16 Å². The van der Waals surface area contributed by atoms with Gasteiger partial charge in [0, 0.05) is 10.5 Å². The maximum absolute atomic E-state index is 8.74. The summed E-state index contributed by atoms with van der Waals surface area (Å²) in [7, 11) is 0. The number of hydrogen-bond donors (Lipinski definition) is 2. The number of amidine groups is 1. The van der Waals surface area contributed by atoms with E-state index in [9.17, 15) is 0 Å². The van der Waals surface area contributed by atoms with Crippen LogP contribution in [-0.4, -0.2) is 29.5 Å². The van der Waals surface area contributed by atoms with E-state index in [1.807, 2.05) is 25.1 Å². The second-order valence-corrected chi connectivity index (χ2v) is 5.02. The van der Waals surface area contributed by atoms with Gasteiger partial charge in [0.25, 0.3) is 0 Å². The Morgan fingerprint density at radius 1 is 1.56 bits per heavy atom. The summed E-state index contributed by atoms with van der Waals surface area (Å²) in [6, 6.07) is 5.80. The van der Waals surface area contributed by atoms with E-state index in [1.54, 1.807) is 11.8 Å². The molecule has 2 rings (SSSR count). The van der Waals surface area contributed by atoms with E-state index in [1.165, 1.54) is 0 Å². The number of nitrogens with zero attached hydrogens (tertiary/aromatic N) is 1. The lowest BCUT2D eigenvalue weighted by Crippen LogP contribution is -2.30. The molecule has 0 radical (unpaired) electrons. The van der Waals surface area contributed by atoms with Crippen LogP contribution >= 0.6 is 11.8 Å². The van der Waals surface area contributed by atoms with Gasteiger partial charge in [-0.05, 0) is 12.5 Å². The zero-order valence-electron chi connectivity index (χ0n) is 9.01. The third-order valence-electron chi connectivity index (χ3n) is 2.49. The second-order valence-electron chi connectivity index (χ2n) is 3.71. The summed E-state index contributed by atoms with van der Waals surface area (Å²) in [5, 5.41) is 12.3. The molecule has 0 spiro atoms. The highest BCUT2D eigenvalue weighted by molar-refractivity contribution is 8.00. The van der Waals surface area contributed by atoms with E-state index in [-0.39, 0.29) is 5.84 Å². The lowest BCUT2D eigenvalue weighted by atomic mass is 10.1. The third kappa shape index (κ3) is 2.15. The van der Waals surface area contributed by atoms with E-state index in [4.69, 9.17) is 15.7 Å². The Morgan fingerprint density at radius 2 is 2.31 bits per heavy atom. The van der Waals surface area contributed by atoms with Crippen LogP contribution in [0.4, 0.5) is 0 Å². The summed E-state index contributed by atoms with van der Waals surface area (Å²) in [5.74, 6) is 0.159. The van der Waals surface area contributed by atoms with Gasteiger partial charge in [0.1, 0.15) is 0 Å². The van der Waals surface area contributed by atoms with Gasteiger partial charge in [-0.2, -0.15) is 0 Å². The molecule has 4 nitrogen and oxygen atoms in total. The Kier molecular flexibility index (Phi) is 3.36. The molecular formula is C11H14N2O2S. The Balaban J connectivity index is 2.31. The van der Waals surface area contributed by atoms with Crippen LogP contribution in [0.5, 0.6) is 0 Å². The maximum Gasteiger partial charge on any atom is 0.171 e. The van der Waals surface area contributed by atoms with Gasteiger partial charge in [0.15, 0.2) is 5.84 Å². The van der Waals surface area contributed by atoms with Crippen molar-refractivity contribution in [2.24, 2.45) is 10.9 Å². The molecule has 1 saturated heterocycles. The molecule has 1 fully saturated rings. The Bertz CT molecular complexity index is 416. The number of oxime groups is 1. The summed E-state index contributed by atoms with van der Waals surface area (Å²) in [6.07, 6.45) is 0. The fourth-order valence-corrected chi connectivity index (χ4v) is 2.73. The van der Waals surface area contributed by atoms with Crippen LogP contribution < -0.4 is 5.73 Å². The van der Waals surface area contributed by atoms with Crippen LogP contribution in [0.1, 0.15) is 11.1 Å². The number of ether oxygens (including phenoxy) is 1. The average molecular weight is 238 g/mol. The van der Waals surface area contributed by atoms with Crippen molar-refractivity contribution in [3.8, 4) is 0 Å². The first kappa shape index (κ1) is 11.3. The van der Waals surface area contributed by atoms with Gasteiger partial charge in [0.2, 0.25) is 0 Å². The van der Waals surface area contributed by atoms with E-state index >= 15 is 0 Å². The lowest BCUT2D eigenvalue weighted by molar-refractivity contribution is 0.0455. The summed E-state index contributed by atoms with van der Waals surface area (Å²) >= 11 is 1.73. The van der Waals surface area contributed by atoms with Gasteiger partial charge < -0.3 is 15.7 Å². The van der Waals surface area contributed by atoms with Crippen LogP contribution in [0, 0.1) is 6.92 Å². The van der Waals surface area contributed by atoms with Crippen molar-refractivity contribution in [3.63, 3.8) is 0 Å². The van der Waals surface area contributed by atoms with Crippen molar-refractivity contribution in [1.29, 1.82) is 0 Å². The SMILES string of the molecule is Cc1cccc(/C(N)=N/O)c1SC1COC1. The number of hydrogen-bond acceptors (Lipinski definition) is 4. The predicted molar refractivity (Wildman–Crippen MR) is 64.2 cm³/mol. The summed E-state index contributed by atoms with van der Waals surface area (Å²) in [4.78, 5) is 1.08. The quantitative estimate of drug-likeness (QED) is 0.363. The fourth-order valence-electron chi connectivity index (χ4n) is 1.51. The van der Waals surface area contributed by atoms with E-state index in [0.29, 0.717) is 5.25 Å². The molecular weight excluding hydrogens is 224 g/mol. The van der Waals surface area contributed by atoms with Crippen molar-refractivity contribution in [2.75, 3.05) is 13.2 Å². The Hall–Kier alpha value is -1.20. The van der Waals surface area contributed by atoms with Crippen molar-refractivity contribution in [3.05, 3.63) is 29.3 Å². The molecule has 1 aliphatic heterocycles. The first-order chi connectivity index (χ1) is 7.72. The third-order valence-corrected chi connectivity index (χ3v) is 3.87. The highest BCUT2D eigenvalue weighted by Crippen LogP contribution is 2.33. The summed E-state index contributed by atoms with van der Waals surface area (Å²) in [6.45, 7) is 3.57. The molecule has 16 heavy (non-hydrogen) atoms. The van der Waals surface area contributed by atoms with Crippen molar-refractivity contribution in [1.82, 2.24) is 0 Å². The first-order valence-corrected chi connectivity index (χ1v) is 5.92. The largest absolute Gasteiger partial charge is 0.409 e. The van der Waals surface area contributed by atoms with Gasteiger partial charge in [-0.1, -0.05) is 23.4 Å². The van der Waals surface area contributed by atoms with Crippen molar-refractivity contribution < 1.29 is 9.94 Å². The monoisotopic (exact) mass is 238 g/mol. The van der Waals surface area contributed by atoms with Crippen LogP contribution in [-0.2, 0) is 4.74 Å². The second kappa shape index (κ2) is 4.76. The number of benzene rings is 1. The van der Waals surface area contributed by atoms with Gasteiger partial charge in [-0.15, -0.1) is 11.8 Å². The van der Waals surface area contributed by atoms with Gasteiger partial charge in [-0.25, -0.2) is 0 Å². The smallest absolute Gasteiger partial charge is 0.171 e. The molecule has 1 aliphatic rings. The molecule has 1 aromatic rings. The molecule has 0 unspecified atom stereocenters. The summed E-state index contributed by atoms with van der Waals surface area (Å²) < 4.78 is 5.14. The number of nitrogens with two attached hydrogens (primary N) is 1. The minimum Gasteiger partial charge on any atom is -0.409 e. The fraction of sp³-hybridized carbons (Fsp3) is 0.364. The average Bonchev–Trinajstić information content (AvgIpc) is 2.23. The molecule has 0 saturated carbocycles. The minimum absolute atomic E-state index is 0.159. The topological polar surface area (TPSA) is 67.8 Å². The Labute approximate surface area is 98.5 Å². The molecule has 0 aromatic heterocycles. The van der Waals surface area contributed by atoms with E-state index < -0.39 is 0 Å². The maximum atomic E-state index is 8.74. The summed E-state index contributed by atoms with van der Waals surface area (Å²) in [5.41, 5.74) is 7.59. The van der Waals surface area contributed by atoms with Gasteiger partial charge in [-0.3, -0.25) is 0 Å². The van der Waals surface area contributed by atoms with Crippen LogP contribution in [0.25, 0.3) is 0 Å². The van der Waals surface area contributed by atoms with Crippen molar-refractivity contribution >= 4 is 17.6 Å². The molecule has 0 atom stereocenters. The highest BCUT2D eigenvalue weighted by Gasteiger charge is 2.22. The number of aryl methyl sites for hydroxylation is 1. The molecule has 1 aromatic carbocycles. The lowest BCUT2D eigenvalue weighted by Gasteiger charge is -2.26. The molecule has 5 heteroatoms. The van der Waals surface area contributed by atoms with Crippen molar-refractivity contribution in [2.45, 2.75) is 17.1 Å². The van der Waals surface area contributed by atoms with E-state index in [0.717, 1.165) is 29.2 Å².